The van der Waals surface area contributed by atoms with E-state index in [1.54, 1.807) is 31.4 Å². The molecule has 0 saturated heterocycles. The molecule has 1 unspecified atom stereocenters. The van der Waals surface area contributed by atoms with Crippen LogP contribution in [0.5, 0.6) is 5.75 Å². The van der Waals surface area contributed by atoms with Crippen molar-refractivity contribution in [3.8, 4) is 5.75 Å². The summed E-state index contributed by atoms with van der Waals surface area (Å²) in [6.07, 6.45) is 2.20. The Bertz CT molecular complexity index is 992. The molecule has 2 aromatic rings. The maximum absolute atomic E-state index is 13.3. The number of carbonyl (C=O) groups excluding carboxylic acids is 2. The molecule has 1 aliphatic rings. The van der Waals surface area contributed by atoms with Gasteiger partial charge in [-0.1, -0.05) is 23.7 Å². The van der Waals surface area contributed by atoms with Gasteiger partial charge in [-0.05, 0) is 36.2 Å². The van der Waals surface area contributed by atoms with Crippen molar-refractivity contribution in [2.75, 3.05) is 25.6 Å². The van der Waals surface area contributed by atoms with Gasteiger partial charge in [-0.25, -0.2) is 4.39 Å². The Hall–Kier alpha value is -2.90. The van der Waals surface area contributed by atoms with Crippen molar-refractivity contribution in [3.05, 3.63) is 70.1 Å². The van der Waals surface area contributed by atoms with Crippen LogP contribution in [0.4, 0.5) is 10.1 Å². The van der Waals surface area contributed by atoms with Crippen molar-refractivity contribution in [2.45, 2.75) is 25.7 Å². The fourth-order valence-electron chi connectivity index (χ4n) is 3.31. The highest BCUT2D eigenvalue weighted by atomic mass is 35.5. The number of nitrogens with one attached hydrogen (secondary N) is 2. The molecule has 31 heavy (non-hydrogen) atoms. The summed E-state index contributed by atoms with van der Waals surface area (Å²) in [7, 11) is 1.62. The minimum absolute atomic E-state index is 0.0956. The highest BCUT2D eigenvalue weighted by molar-refractivity contribution is 6.32. The molecule has 3 rings (SSSR count). The van der Waals surface area contributed by atoms with Gasteiger partial charge in [-0.3, -0.25) is 9.59 Å². The molecule has 2 N–H and O–H groups in total. The maximum Gasteiger partial charge on any atom is 0.253 e. The van der Waals surface area contributed by atoms with Crippen molar-refractivity contribution < 1.29 is 23.5 Å². The number of anilines is 1. The summed E-state index contributed by atoms with van der Waals surface area (Å²) in [4.78, 5) is 25.0. The van der Waals surface area contributed by atoms with Crippen molar-refractivity contribution in [3.63, 3.8) is 0 Å². The SMILES string of the molecule is COCCCOc1cc(NC(=O)C2=CNC(=O)CC2c2ccc(F)cc2)c(C)cc1Cl. The Labute approximate surface area is 185 Å². The van der Waals surface area contributed by atoms with Gasteiger partial charge in [0, 0.05) is 56.0 Å². The van der Waals surface area contributed by atoms with Crippen LogP contribution < -0.4 is 15.4 Å². The van der Waals surface area contributed by atoms with Crippen LogP contribution in [0.3, 0.4) is 0 Å². The Morgan fingerprint density at radius 3 is 2.71 bits per heavy atom. The molecular weight excluding hydrogens is 423 g/mol. The first-order valence-corrected chi connectivity index (χ1v) is 10.2. The average molecular weight is 447 g/mol. The number of ether oxygens (including phenoxy) is 2. The predicted octanol–water partition coefficient (Wildman–Crippen LogP) is 4.33. The van der Waals surface area contributed by atoms with Gasteiger partial charge in [0.1, 0.15) is 11.6 Å². The Balaban J connectivity index is 1.80. The van der Waals surface area contributed by atoms with E-state index in [1.807, 2.05) is 6.92 Å². The summed E-state index contributed by atoms with van der Waals surface area (Å²) in [6, 6.07) is 9.19. The second kappa shape index (κ2) is 10.4. The van der Waals surface area contributed by atoms with Crippen LogP contribution in [0, 0.1) is 12.7 Å². The quantitative estimate of drug-likeness (QED) is 0.592. The van der Waals surface area contributed by atoms with Crippen LogP contribution in [-0.2, 0) is 14.3 Å². The molecule has 0 aliphatic carbocycles. The van der Waals surface area contributed by atoms with Crippen molar-refractivity contribution in [1.82, 2.24) is 5.32 Å². The Morgan fingerprint density at radius 2 is 2.00 bits per heavy atom. The van der Waals surface area contributed by atoms with E-state index in [9.17, 15) is 14.0 Å². The normalized spacial score (nSPS) is 15.8. The smallest absolute Gasteiger partial charge is 0.253 e. The van der Waals surface area contributed by atoms with E-state index < -0.39 is 5.92 Å². The first-order chi connectivity index (χ1) is 14.9. The van der Waals surface area contributed by atoms with Crippen molar-refractivity contribution in [2.24, 2.45) is 0 Å². The first kappa shape index (κ1) is 22.8. The van der Waals surface area contributed by atoms with Gasteiger partial charge >= 0.3 is 0 Å². The standard InChI is InChI=1S/C23H24ClFN2O4/c1-14-10-19(24)21(31-9-3-8-30-2)12-20(14)27-23(29)18-13-26-22(28)11-17(18)15-4-6-16(25)7-5-15/h4-7,10,12-13,17H,3,8-9,11H2,1-2H3,(H,26,28)(H,27,29). The molecule has 8 heteroatoms. The third kappa shape index (κ3) is 5.83. The molecule has 0 bridgehead atoms. The van der Waals surface area contributed by atoms with Crippen LogP contribution in [0.1, 0.15) is 29.9 Å². The first-order valence-electron chi connectivity index (χ1n) is 9.87. The maximum atomic E-state index is 13.3. The lowest BCUT2D eigenvalue weighted by atomic mass is 9.86. The van der Waals surface area contributed by atoms with Crippen LogP contribution in [-0.4, -0.2) is 32.1 Å². The molecule has 2 aromatic carbocycles. The second-order valence-corrected chi connectivity index (χ2v) is 7.63. The lowest BCUT2D eigenvalue weighted by Crippen LogP contribution is -2.32. The summed E-state index contributed by atoms with van der Waals surface area (Å²) in [5.41, 5.74) is 2.38. The number of carbonyl (C=O) groups is 2. The largest absolute Gasteiger partial charge is 0.492 e. The summed E-state index contributed by atoms with van der Waals surface area (Å²) in [5, 5.41) is 5.92. The van der Waals surface area contributed by atoms with Gasteiger partial charge in [0.25, 0.3) is 5.91 Å². The topological polar surface area (TPSA) is 76.7 Å². The van der Waals surface area contributed by atoms with E-state index in [-0.39, 0.29) is 24.1 Å². The molecule has 1 heterocycles. The fourth-order valence-corrected chi connectivity index (χ4v) is 3.58. The summed E-state index contributed by atoms with van der Waals surface area (Å²) >= 11 is 6.27. The third-order valence-electron chi connectivity index (χ3n) is 4.97. The molecule has 1 aliphatic heterocycles. The zero-order valence-electron chi connectivity index (χ0n) is 17.3. The van der Waals surface area contributed by atoms with Gasteiger partial charge in [-0.15, -0.1) is 0 Å². The minimum Gasteiger partial charge on any atom is -0.492 e. The summed E-state index contributed by atoms with van der Waals surface area (Å²) < 4.78 is 24.0. The van der Waals surface area contributed by atoms with E-state index in [1.165, 1.54) is 18.3 Å². The fraction of sp³-hybridized carbons (Fsp3) is 0.304. The molecule has 2 amide bonds. The van der Waals surface area contributed by atoms with Crippen LogP contribution in [0.2, 0.25) is 5.02 Å². The molecule has 0 fully saturated rings. The zero-order valence-corrected chi connectivity index (χ0v) is 18.1. The van der Waals surface area contributed by atoms with E-state index >= 15 is 0 Å². The van der Waals surface area contributed by atoms with Crippen LogP contribution >= 0.6 is 11.6 Å². The van der Waals surface area contributed by atoms with Crippen LogP contribution in [0.15, 0.2) is 48.2 Å². The molecular formula is C23H24ClFN2O4. The number of amides is 2. The zero-order chi connectivity index (χ0) is 22.4. The van der Waals surface area contributed by atoms with E-state index in [0.29, 0.717) is 47.2 Å². The van der Waals surface area contributed by atoms with E-state index in [2.05, 4.69) is 10.6 Å². The van der Waals surface area contributed by atoms with E-state index in [0.717, 1.165) is 5.56 Å². The van der Waals surface area contributed by atoms with Gasteiger partial charge in [0.2, 0.25) is 5.91 Å². The third-order valence-corrected chi connectivity index (χ3v) is 5.26. The molecule has 0 spiro atoms. The molecule has 1 atom stereocenters. The van der Waals surface area contributed by atoms with Crippen molar-refractivity contribution >= 4 is 29.1 Å². The monoisotopic (exact) mass is 446 g/mol. The molecule has 0 saturated carbocycles. The predicted molar refractivity (Wildman–Crippen MR) is 117 cm³/mol. The van der Waals surface area contributed by atoms with Crippen molar-refractivity contribution in [1.29, 1.82) is 0 Å². The molecule has 6 nitrogen and oxygen atoms in total. The van der Waals surface area contributed by atoms with Crippen LogP contribution in [0.25, 0.3) is 0 Å². The van der Waals surface area contributed by atoms with Gasteiger partial charge in [0.15, 0.2) is 0 Å². The highest BCUT2D eigenvalue weighted by Gasteiger charge is 2.29. The number of rotatable bonds is 8. The van der Waals surface area contributed by atoms with Gasteiger partial charge in [-0.2, -0.15) is 0 Å². The molecule has 0 radical (unpaired) electrons. The van der Waals surface area contributed by atoms with Gasteiger partial charge in [0.05, 0.1) is 11.6 Å². The minimum atomic E-state index is -0.480. The molecule has 0 aromatic heterocycles. The number of benzene rings is 2. The Kier molecular flexibility index (Phi) is 7.65. The lowest BCUT2D eigenvalue weighted by molar-refractivity contribution is -0.121. The lowest BCUT2D eigenvalue weighted by Gasteiger charge is -2.24. The summed E-state index contributed by atoms with van der Waals surface area (Å²) in [5.74, 6) is -0.981. The number of methoxy groups -OCH3 is 1. The number of halogens is 2. The summed E-state index contributed by atoms with van der Waals surface area (Å²) in [6.45, 7) is 2.82. The van der Waals surface area contributed by atoms with Gasteiger partial charge < -0.3 is 20.1 Å². The Morgan fingerprint density at radius 1 is 1.26 bits per heavy atom. The second-order valence-electron chi connectivity index (χ2n) is 7.22. The average Bonchev–Trinajstić information content (AvgIpc) is 2.74. The molecule has 164 valence electrons. The highest BCUT2D eigenvalue weighted by Crippen LogP contribution is 2.34. The number of hydrogen-bond donors (Lipinski definition) is 2. The van der Waals surface area contributed by atoms with E-state index in [4.69, 9.17) is 21.1 Å². The number of hydrogen-bond acceptors (Lipinski definition) is 4. The number of aryl methyl sites for hydroxylation is 1.